The standard InChI is InChI=1S/C19H20N2O/c1-13-8-7-11-18-16(13)12-19(20(3)4)15-9-5-6-10-17(15)21(18)14(2)22/h5-12H,1-4H3. The van der Waals surface area contributed by atoms with Gasteiger partial charge in [0.1, 0.15) is 0 Å². The number of carbonyl (C=O) groups excluding carboxylic acids is 1. The first kappa shape index (κ1) is 14.4. The average Bonchev–Trinajstić information content (AvgIpc) is 2.62. The van der Waals surface area contributed by atoms with Crippen LogP contribution in [0.1, 0.15) is 23.6 Å². The third kappa shape index (κ3) is 2.19. The maximum atomic E-state index is 12.4. The first-order valence-electron chi connectivity index (χ1n) is 7.39. The van der Waals surface area contributed by atoms with Crippen LogP contribution in [0.15, 0.2) is 42.5 Å². The van der Waals surface area contributed by atoms with E-state index in [1.54, 1.807) is 6.92 Å². The predicted molar refractivity (Wildman–Crippen MR) is 92.0 cm³/mol. The lowest BCUT2D eigenvalue weighted by Crippen LogP contribution is -2.24. The Bertz CT molecular complexity index is 775. The van der Waals surface area contributed by atoms with Crippen molar-refractivity contribution in [2.24, 2.45) is 0 Å². The largest absolute Gasteiger partial charge is 0.377 e. The molecule has 0 atom stereocenters. The van der Waals surface area contributed by atoms with Gasteiger partial charge in [0.2, 0.25) is 5.91 Å². The van der Waals surface area contributed by atoms with E-state index in [1.165, 1.54) is 0 Å². The van der Waals surface area contributed by atoms with Crippen molar-refractivity contribution in [2.45, 2.75) is 13.8 Å². The van der Waals surface area contributed by atoms with Gasteiger partial charge < -0.3 is 4.90 Å². The SMILES string of the molecule is CC(=O)N1c2ccccc2C(N(C)C)=Cc2c(C)cccc21. The van der Waals surface area contributed by atoms with Gasteiger partial charge in [-0.1, -0.05) is 30.3 Å². The number of rotatable bonds is 1. The summed E-state index contributed by atoms with van der Waals surface area (Å²) in [7, 11) is 4.06. The van der Waals surface area contributed by atoms with E-state index in [0.717, 1.165) is 33.8 Å². The first-order chi connectivity index (χ1) is 10.5. The quantitative estimate of drug-likeness (QED) is 0.791. The van der Waals surface area contributed by atoms with Gasteiger partial charge in [0.05, 0.1) is 11.4 Å². The van der Waals surface area contributed by atoms with Crippen molar-refractivity contribution in [1.29, 1.82) is 0 Å². The number of anilines is 2. The molecule has 0 aliphatic carbocycles. The topological polar surface area (TPSA) is 23.6 Å². The minimum absolute atomic E-state index is 0.0210. The third-order valence-electron chi connectivity index (χ3n) is 4.04. The lowest BCUT2D eigenvalue weighted by atomic mass is 10.0. The Kier molecular flexibility index (Phi) is 3.49. The monoisotopic (exact) mass is 292 g/mol. The Hall–Kier alpha value is -2.55. The smallest absolute Gasteiger partial charge is 0.228 e. The number of fused-ring (bicyclic) bond motifs is 2. The van der Waals surface area contributed by atoms with E-state index in [4.69, 9.17) is 0 Å². The fourth-order valence-electron chi connectivity index (χ4n) is 2.99. The van der Waals surface area contributed by atoms with Gasteiger partial charge in [0, 0.05) is 37.8 Å². The van der Waals surface area contributed by atoms with E-state index >= 15 is 0 Å². The Balaban J connectivity index is 2.41. The van der Waals surface area contributed by atoms with Gasteiger partial charge in [-0.05, 0) is 30.7 Å². The molecule has 0 saturated heterocycles. The van der Waals surface area contributed by atoms with E-state index in [1.807, 2.05) is 49.3 Å². The number of para-hydroxylation sites is 1. The number of hydrogen-bond acceptors (Lipinski definition) is 2. The molecular weight excluding hydrogens is 272 g/mol. The molecule has 22 heavy (non-hydrogen) atoms. The average molecular weight is 292 g/mol. The molecule has 0 unspecified atom stereocenters. The van der Waals surface area contributed by atoms with Crippen molar-refractivity contribution in [2.75, 3.05) is 19.0 Å². The first-order valence-corrected chi connectivity index (χ1v) is 7.39. The molecule has 0 N–H and O–H groups in total. The maximum Gasteiger partial charge on any atom is 0.228 e. The summed E-state index contributed by atoms with van der Waals surface area (Å²) in [4.78, 5) is 16.3. The molecule has 0 saturated carbocycles. The fraction of sp³-hybridized carbons (Fsp3) is 0.211. The van der Waals surface area contributed by atoms with E-state index < -0.39 is 0 Å². The molecule has 1 heterocycles. The molecule has 0 aromatic heterocycles. The summed E-state index contributed by atoms with van der Waals surface area (Å²) in [6.07, 6.45) is 2.17. The predicted octanol–water partition coefficient (Wildman–Crippen LogP) is 4.05. The molecule has 1 aliphatic heterocycles. The zero-order valence-electron chi connectivity index (χ0n) is 13.4. The molecule has 2 aromatic carbocycles. The summed E-state index contributed by atoms with van der Waals surface area (Å²) >= 11 is 0. The minimum atomic E-state index is 0.0210. The van der Waals surface area contributed by atoms with Crippen LogP contribution < -0.4 is 4.90 Å². The van der Waals surface area contributed by atoms with E-state index in [2.05, 4.69) is 30.0 Å². The summed E-state index contributed by atoms with van der Waals surface area (Å²) in [6.45, 7) is 3.69. The van der Waals surface area contributed by atoms with Crippen LogP contribution in [0.25, 0.3) is 11.8 Å². The van der Waals surface area contributed by atoms with E-state index in [0.29, 0.717) is 0 Å². The molecule has 0 fully saturated rings. The Labute approximate surface area is 131 Å². The molecule has 112 valence electrons. The Morgan fingerprint density at radius 2 is 1.68 bits per heavy atom. The van der Waals surface area contributed by atoms with Gasteiger partial charge in [-0.15, -0.1) is 0 Å². The van der Waals surface area contributed by atoms with Crippen LogP contribution in [0.3, 0.4) is 0 Å². The van der Waals surface area contributed by atoms with Crippen LogP contribution in [0.2, 0.25) is 0 Å². The van der Waals surface area contributed by atoms with Crippen molar-refractivity contribution in [3.63, 3.8) is 0 Å². The van der Waals surface area contributed by atoms with Crippen LogP contribution in [0, 0.1) is 6.92 Å². The molecule has 2 aromatic rings. The second-order valence-electron chi connectivity index (χ2n) is 5.80. The highest BCUT2D eigenvalue weighted by molar-refractivity contribution is 6.07. The van der Waals surface area contributed by atoms with Crippen LogP contribution in [-0.4, -0.2) is 24.9 Å². The molecule has 0 radical (unpaired) electrons. The summed E-state index contributed by atoms with van der Waals surface area (Å²) in [5, 5.41) is 0. The highest BCUT2D eigenvalue weighted by Gasteiger charge is 2.25. The second-order valence-corrected chi connectivity index (χ2v) is 5.80. The number of carbonyl (C=O) groups is 1. The van der Waals surface area contributed by atoms with Crippen molar-refractivity contribution in [1.82, 2.24) is 4.90 Å². The Morgan fingerprint density at radius 1 is 1.00 bits per heavy atom. The van der Waals surface area contributed by atoms with E-state index in [-0.39, 0.29) is 5.91 Å². The maximum absolute atomic E-state index is 12.4. The number of aryl methyl sites for hydroxylation is 1. The van der Waals surface area contributed by atoms with Crippen LogP contribution in [0.4, 0.5) is 11.4 Å². The minimum Gasteiger partial charge on any atom is -0.377 e. The Morgan fingerprint density at radius 3 is 2.36 bits per heavy atom. The molecule has 0 spiro atoms. The van der Waals surface area contributed by atoms with Gasteiger partial charge >= 0.3 is 0 Å². The number of amides is 1. The molecule has 1 amide bonds. The van der Waals surface area contributed by atoms with Crippen LogP contribution in [-0.2, 0) is 4.79 Å². The van der Waals surface area contributed by atoms with Gasteiger partial charge in [0.15, 0.2) is 0 Å². The van der Waals surface area contributed by atoms with Crippen molar-refractivity contribution >= 4 is 29.1 Å². The molecular formula is C19H20N2O. The van der Waals surface area contributed by atoms with Gasteiger partial charge in [-0.3, -0.25) is 9.69 Å². The number of benzene rings is 2. The summed E-state index contributed by atoms with van der Waals surface area (Å²) in [5.41, 5.74) is 6.30. The fourth-order valence-corrected chi connectivity index (χ4v) is 2.99. The summed E-state index contributed by atoms with van der Waals surface area (Å²) in [6, 6.07) is 14.2. The molecule has 3 rings (SSSR count). The molecule has 1 aliphatic rings. The third-order valence-corrected chi connectivity index (χ3v) is 4.04. The zero-order valence-corrected chi connectivity index (χ0v) is 13.4. The van der Waals surface area contributed by atoms with Crippen LogP contribution in [0.5, 0.6) is 0 Å². The van der Waals surface area contributed by atoms with Crippen molar-refractivity contribution < 1.29 is 4.79 Å². The van der Waals surface area contributed by atoms with Crippen LogP contribution >= 0.6 is 0 Å². The van der Waals surface area contributed by atoms with Crippen molar-refractivity contribution in [3.05, 3.63) is 59.2 Å². The van der Waals surface area contributed by atoms with Gasteiger partial charge in [-0.2, -0.15) is 0 Å². The number of hydrogen-bond donors (Lipinski definition) is 0. The molecule has 0 bridgehead atoms. The lowest BCUT2D eigenvalue weighted by Gasteiger charge is -2.25. The summed E-state index contributed by atoms with van der Waals surface area (Å²) in [5.74, 6) is 0.0210. The summed E-state index contributed by atoms with van der Waals surface area (Å²) < 4.78 is 0. The second kappa shape index (κ2) is 5.34. The zero-order chi connectivity index (χ0) is 15.9. The molecule has 3 heteroatoms. The van der Waals surface area contributed by atoms with Gasteiger partial charge in [0.25, 0.3) is 0 Å². The van der Waals surface area contributed by atoms with Crippen molar-refractivity contribution in [3.8, 4) is 0 Å². The lowest BCUT2D eigenvalue weighted by molar-refractivity contribution is -0.115. The van der Waals surface area contributed by atoms with Gasteiger partial charge in [-0.25, -0.2) is 0 Å². The normalized spacial score (nSPS) is 12.9. The highest BCUT2D eigenvalue weighted by atomic mass is 16.2. The number of nitrogens with zero attached hydrogens (tertiary/aromatic N) is 2. The molecule has 3 nitrogen and oxygen atoms in total. The van der Waals surface area contributed by atoms with E-state index in [9.17, 15) is 4.79 Å². The highest BCUT2D eigenvalue weighted by Crippen LogP contribution is 2.41.